The van der Waals surface area contributed by atoms with Crippen molar-refractivity contribution < 1.29 is 19.8 Å². The number of phenols is 1. The summed E-state index contributed by atoms with van der Waals surface area (Å²) in [7, 11) is 0. The van der Waals surface area contributed by atoms with Gasteiger partial charge in [0, 0.05) is 0 Å². The first-order chi connectivity index (χ1) is 6.59. The minimum atomic E-state index is -1.57. The summed E-state index contributed by atoms with van der Waals surface area (Å²) in [5.74, 6) is -2.64. The lowest BCUT2D eigenvalue weighted by molar-refractivity contribution is -0.149. The summed E-state index contributed by atoms with van der Waals surface area (Å²) >= 11 is 0. The van der Waals surface area contributed by atoms with E-state index in [1.165, 1.54) is 24.3 Å². The molecule has 0 spiro atoms. The molecule has 0 aliphatic rings. The molecule has 0 saturated carbocycles. The number of benzene rings is 1. The molecule has 0 fully saturated rings. The topological polar surface area (TPSA) is 98.7 Å². The van der Waals surface area contributed by atoms with Crippen molar-refractivity contribution in [2.75, 3.05) is 5.43 Å². The molecule has 0 bridgehead atoms. The predicted molar refractivity (Wildman–Crippen MR) is 47.5 cm³/mol. The summed E-state index contributed by atoms with van der Waals surface area (Å²) in [5, 5.41) is 17.1. The van der Waals surface area contributed by atoms with Crippen molar-refractivity contribution in [3.8, 4) is 5.75 Å². The first-order valence-corrected chi connectivity index (χ1v) is 3.68. The van der Waals surface area contributed by atoms with Crippen LogP contribution in [0, 0.1) is 0 Å². The van der Waals surface area contributed by atoms with Gasteiger partial charge in [0.05, 0.1) is 5.69 Å². The Balaban J connectivity index is 2.50. The first-order valence-electron chi connectivity index (χ1n) is 3.68. The number of hydrogen-bond acceptors (Lipinski definition) is 4. The molecular formula is C8H8N2O4. The van der Waals surface area contributed by atoms with Crippen molar-refractivity contribution >= 4 is 17.6 Å². The second-order valence-electron chi connectivity index (χ2n) is 2.43. The first kappa shape index (κ1) is 9.85. The SMILES string of the molecule is O=C(O)C(=O)NNc1ccc(O)cc1. The molecule has 74 valence electrons. The lowest BCUT2D eigenvalue weighted by Crippen LogP contribution is -2.35. The van der Waals surface area contributed by atoms with Gasteiger partial charge >= 0.3 is 11.9 Å². The van der Waals surface area contributed by atoms with Crippen LogP contribution in [0.25, 0.3) is 0 Å². The van der Waals surface area contributed by atoms with Crippen molar-refractivity contribution in [3.63, 3.8) is 0 Å². The molecule has 0 aliphatic carbocycles. The summed E-state index contributed by atoms with van der Waals surface area (Å²) in [6.45, 7) is 0. The highest BCUT2D eigenvalue weighted by molar-refractivity contribution is 6.31. The van der Waals surface area contributed by atoms with E-state index in [1.807, 2.05) is 5.43 Å². The molecule has 1 aromatic rings. The van der Waals surface area contributed by atoms with Crippen LogP contribution in [0.1, 0.15) is 0 Å². The number of carbonyl (C=O) groups is 2. The second kappa shape index (κ2) is 4.13. The van der Waals surface area contributed by atoms with Crippen LogP contribution in [0.15, 0.2) is 24.3 Å². The Morgan fingerprint density at radius 1 is 1.14 bits per heavy atom. The van der Waals surface area contributed by atoms with Crippen LogP contribution in [0.2, 0.25) is 0 Å². The van der Waals surface area contributed by atoms with Gasteiger partial charge in [0.25, 0.3) is 0 Å². The number of rotatable bonds is 2. The van der Waals surface area contributed by atoms with Crippen molar-refractivity contribution in [1.29, 1.82) is 0 Å². The molecule has 1 aromatic carbocycles. The molecule has 0 unspecified atom stereocenters. The third-order valence-electron chi connectivity index (χ3n) is 1.38. The number of aromatic hydroxyl groups is 1. The number of hydrogen-bond donors (Lipinski definition) is 4. The zero-order valence-corrected chi connectivity index (χ0v) is 7.02. The van der Waals surface area contributed by atoms with Gasteiger partial charge in [0.1, 0.15) is 5.75 Å². The predicted octanol–water partition coefficient (Wildman–Crippen LogP) is -0.0801. The monoisotopic (exact) mass is 196 g/mol. The van der Waals surface area contributed by atoms with E-state index in [4.69, 9.17) is 10.2 Å². The van der Waals surface area contributed by atoms with Crippen LogP contribution < -0.4 is 10.9 Å². The van der Waals surface area contributed by atoms with Crippen molar-refractivity contribution in [1.82, 2.24) is 5.43 Å². The van der Waals surface area contributed by atoms with E-state index in [-0.39, 0.29) is 5.75 Å². The van der Waals surface area contributed by atoms with E-state index in [0.29, 0.717) is 5.69 Å². The molecular weight excluding hydrogens is 188 g/mol. The van der Waals surface area contributed by atoms with Crippen LogP contribution >= 0.6 is 0 Å². The largest absolute Gasteiger partial charge is 0.508 e. The number of carbonyl (C=O) groups excluding carboxylic acids is 1. The van der Waals surface area contributed by atoms with E-state index in [2.05, 4.69) is 5.43 Å². The Hall–Kier alpha value is -2.24. The van der Waals surface area contributed by atoms with E-state index in [1.54, 1.807) is 0 Å². The van der Waals surface area contributed by atoms with Crippen molar-refractivity contribution in [2.24, 2.45) is 0 Å². The number of nitrogens with one attached hydrogen (secondary N) is 2. The van der Waals surface area contributed by atoms with Gasteiger partial charge in [-0.25, -0.2) is 4.79 Å². The molecule has 14 heavy (non-hydrogen) atoms. The van der Waals surface area contributed by atoms with Crippen LogP contribution in [-0.4, -0.2) is 22.1 Å². The van der Waals surface area contributed by atoms with Crippen LogP contribution in [0.3, 0.4) is 0 Å². The summed E-state index contributed by atoms with van der Waals surface area (Å²) in [6, 6.07) is 5.76. The van der Waals surface area contributed by atoms with Crippen LogP contribution in [0.5, 0.6) is 5.75 Å². The average Bonchev–Trinajstić information content (AvgIpc) is 2.16. The van der Waals surface area contributed by atoms with Gasteiger partial charge < -0.3 is 10.2 Å². The molecule has 0 aromatic heterocycles. The van der Waals surface area contributed by atoms with E-state index >= 15 is 0 Å². The maximum atomic E-state index is 10.6. The van der Waals surface area contributed by atoms with Gasteiger partial charge in [-0.05, 0) is 24.3 Å². The third kappa shape index (κ3) is 2.67. The smallest absolute Gasteiger partial charge is 0.396 e. The molecule has 0 aliphatic heterocycles. The van der Waals surface area contributed by atoms with Gasteiger partial charge in [0.2, 0.25) is 0 Å². The van der Waals surface area contributed by atoms with Crippen molar-refractivity contribution in [3.05, 3.63) is 24.3 Å². The Bertz CT molecular complexity index is 347. The fraction of sp³-hybridized carbons (Fsp3) is 0. The molecule has 6 nitrogen and oxygen atoms in total. The van der Waals surface area contributed by atoms with E-state index in [0.717, 1.165) is 0 Å². The minimum absolute atomic E-state index is 0.0834. The summed E-state index contributed by atoms with van der Waals surface area (Å²) in [6.07, 6.45) is 0. The fourth-order valence-electron chi connectivity index (χ4n) is 0.727. The average molecular weight is 196 g/mol. The standard InChI is InChI=1S/C8H8N2O4/c11-6-3-1-5(2-4-6)9-10-7(12)8(13)14/h1-4,9,11H,(H,10,12)(H,13,14). The number of anilines is 1. The number of hydrazine groups is 1. The molecule has 4 N–H and O–H groups in total. The zero-order valence-electron chi connectivity index (χ0n) is 7.02. The van der Waals surface area contributed by atoms with Gasteiger partial charge in [-0.3, -0.25) is 15.6 Å². The third-order valence-corrected chi connectivity index (χ3v) is 1.38. The lowest BCUT2D eigenvalue weighted by Gasteiger charge is -2.05. The van der Waals surface area contributed by atoms with Crippen molar-refractivity contribution in [2.45, 2.75) is 0 Å². The quantitative estimate of drug-likeness (QED) is 0.301. The Morgan fingerprint density at radius 3 is 2.21 bits per heavy atom. The Morgan fingerprint density at radius 2 is 1.71 bits per heavy atom. The number of amides is 1. The number of aliphatic carboxylic acids is 1. The summed E-state index contributed by atoms with van der Waals surface area (Å²) in [5.41, 5.74) is 4.78. The zero-order chi connectivity index (χ0) is 10.6. The summed E-state index contributed by atoms with van der Waals surface area (Å²) < 4.78 is 0. The summed E-state index contributed by atoms with van der Waals surface area (Å²) in [4.78, 5) is 20.6. The Kier molecular flexibility index (Phi) is 2.90. The number of carboxylic acids is 1. The molecule has 0 saturated heterocycles. The highest BCUT2D eigenvalue weighted by Gasteiger charge is 2.09. The van der Waals surface area contributed by atoms with Gasteiger partial charge in [0.15, 0.2) is 0 Å². The molecule has 0 atom stereocenters. The highest BCUT2D eigenvalue weighted by Crippen LogP contribution is 2.12. The van der Waals surface area contributed by atoms with Gasteiger partial charge in [-0.2, -0.15) is 0 Å². The molecule has 1 rings (SSSR count). The normalized spacial score (nSPS) is 9.14. The maximum Gasteiger partial charge on any atom is 0.396 e. The van der Waals surface area contributed by atoms with Crippen LogP contribution in [0.4, 0.5) is 5.69 Å². The molecule has 0 radical (unpaired) electrons. The minimum Gasteiger partial charge on any atom is -0.508 e. The lowest BCUT2D eigenvalue weighted by atomic mass is 10.3. The van der Waals surface area contributed by atoms with E-state index in [9.17, 15) is 9.59 Å². The number of phenolic OH excluding ortho intramolecular Hbond substituents is 1. The molecule has 0 heterocycles. The molecule has 1 amide bonds. The second-order valence-corrected chi connectivity index (χ2v) is 2.43. The molecule has 6 heteroatoms. The fourth-order valence-corrected chi connectivity index (χ4v) is 0.727. The number of carboxylic acid groups (broad SMARTS) is 1. The Labute approximate surface area is 79.1 Å². The van der Waals surface area contributed by atoms with Gasteiger partial charge in [-0.1, -0.05) is 0 Å². The van der Waals surface area contributed by atoms with E-state index < -0.39 is 11.9 Å². The highest BCUT2D eigenvalue weighted by atomic mass is 16.4. The van der Waals surface area contributed by atoms with Crippen LogP contribution in [-0.2, 0) is 9.59 Å². The van der Waals surface area contributed by atoms with Gasteiger partial charge in [-0.15, -0.1) is 0 Å². The maximum absolute atomic E-state index is 10.6.